The van der Waals surface area contributed by atoms with Crippen molar-refractivity contribution in [1.82, 2.24) is 4.90 Å². The lowest BCUT2D eigenvalue weighted by Gasteiger charge is -2.71. The Morgan fingerprint density at radius 3 is 1.98 bits per heavy atom. The first-order valence-corrected chi connectivity index (χ1v) is 19.7. The molecule has 258 valence electrons. The molecule has 0 amide bonds. The van der Waals surface area contributed by atoms with Crippen molar-refractivity contribution in [3.63, 3.8) is 0 Å². The van der Waals surface area contributed by atoms with Gasteiger partial charge in [-0.3, -0.25) is 4.90 Å². The van der Waals surface area contributed by atoms with Gasteiger partial charge >= 0.3 is 0 Å². The van der Waals surface area contributed by atoms with Crippen LogP contribution in [0.3, 0.4) is 0 Å². The fourth-order valence-corrected chi connectivity index (χ4v) is 12.5. The molecule has 0 bridgehead atoms. The van der Waals surface area contributed by atoms with Gasteiger partial charge in [0.05, 0.1) is 10.9 Å². The van der Waals surface area contributed by atoms with Gasteiger partial charge in [-0.2, -0.15) is 4.57 Å². The van der Waals surface area contributed by atoms with Crippen LogP contribution in [0.5, 0.6) is 0 Å². The molecular weight excluding hydrogens is 617 g/mol. The maximum Gasteiger partial charge on any atom is 0.221 e. The summed E-state index contributed by atoms with van der Waals surface area (Å²) in [7, 11) is 0. The van der Waals surface area contributed by atoms with Gasteiger partial charge in [0.15, 0.2) is 11.7 Å². The Balaban J connectivity index is 1.20. The van der Waals surface area contributed by atoms with E-state index in [1.807, 2.05) is 0 Å². The van der Waals surface area contributed by atoms with Crippen LogP contribution in [0.2, 0.25) is 0 Å². The van der Waals surface area contributed by atoms with Crippen molar-refractivity contribution in [2.24, 2.45) is 34.0 Å². The number of rotatable bonds is 3. The minimum absolute atomic E-state index is 0.0212. The maximum absolute atomic E-state index is 4.83. The number of nitrogens with zero attached hydrogens (tertiary/aromatic N) is 2. The third kappa shape index (κ3) is 3.70. The molecule has 1 aromatic heterocycles. The van der Waals surface area contributed by atoms with Crippen molar-refractivity contribution >= 4 is 21.9 Å². The van der Waals surface area contributed by atoms with Crippen LogP contribution in [0.4, 0.5) is 0 Å². The fourth-order valence-electron chi connectivity index (χ4n) is 12.5. The maximum atomic E-state index is 4.83. The zero-order chi connectivity index (χ0) is 35.4. The van der Waals surface area contributed by atoms with Crippen LogP contribution in [0.15, 0.2) is 127 Å². The normalized spacial score (nSPS) is 32.2. The molecule has 2 nitrogen and oxygen atoms in total. The lowest BCUT2D eigenvalue weighted by molar-refractivity contribution is -0.740. The molecule has 0 spiro atoms. The van der Waals surface area contributed by atoms with Crippen LogP contribution >= 0.6 is 0 Å². The third-order valence-electron chi connectivity index (χ3n) is 15.5. The molecule has 2 aromatic carbocycles. The smallest absolute Gasteiger partial charge is 0.221 e. The molecule has 5 heterocycles. The molecule has 0 saturated carbocycles. The number of allylic oxidation sites excluding steroid dienone is 7. The summed E-state index contributed by atoms with van der Waals surface area (Å²) in [6, 6.07) is 19.8. The Labute approximate surface area is 305 Å². The standard InChI is InChI=1S/C49H53N2/c1-10-49(11-2)29(3)33-23-22-31(26-35(33)42-34-17-13-12-16-30(34)24-25-50(42)49)32-27-40-45-41(28-32)48(8,9)39-21-15-19-37-44(39)51(45)43-36(46(37,4)5)18-14-20-38(43)47(40,6)7/h12-28,36,39-40,43-45H,3,10-11H2,1-2,4-9H3/q+1. The van der Waals surface area contributed by atoms with E-state index in [0.29, 0.717) is 35.9 Å². The predicted octanol–water partition coefficient (Wildman–Crippen LogP) is 11.0. The van der Waals surface area contributed by atoms with Gasteiger partial charge in [-0.25, -0.2) is 0 Å². The zero-order valence-electron chi connectivity index (χ0n) is 31.8. The van der Waals surface area contributed by atoms with E-state index in [9.17, 15) is 0 Å². The molecule has 3 saturated heterocycles. The minimum Gasteiger partial charge on any atom is -0.281 e. The molecular formula is C49H53N2+. The van der Waals surface area contributed by atoms with Crippen molar-refractivity contribution in [1.29, 1.82) is 0 Å². The van der Waals surface area contributed by atoms with E-state index in [2.05, 4.69) is 168 Å². The topological polar surface area (TPSA) is 7.12 Å². The summed E-state index contributed by atoms with van der Waals surface area (Å²) < 4.78 is 2.57. The highest BCUT2D eigenvalue weighted by Crippen LogP contribution is 2.67. The highest BCUT2D eigenvalue weighted by molar-refractivity contribution is 5.98. The second kappa shape index (κ2) is 10.1. The van der Waals surface area contributed by atoms with E-state index in [0.717, 1.165) is 12.8 Å². The average molecular weight is 670 g/mol. The number of hydrogen-bond acceptors (Lipinski definition) is 1. The first-order valence-electron chi connectivity index (χ1n) is 19.7. The molecule has 6 unspecified atom stereocenters. The number of hydrogen-bond donors (Lipinski definition) is 0. The number of pyridine rings is 1. The van der Waals surface area contributed by atoms with Crippen molar-refractivity contribution in [2.75, 3.05) is 0 Å². The van der Waals surface area contributed by atoms with Crippen molar-refractivity contribution in [2.45, 2.75) is 91.9 Å². The highest BCUT2D eigenvalue weighted by Gasteiger charge is 2.67. The molecule has 4 aliphatic heterocycles. The second-order valence-electron chi connectivity index (χ2n) is 18.4. The SMILES string of the molecule is C=C1c2ccc(C3=CC4C5C(=C3)C(C)(C)C3C=CC=C6C3N5C3C(=CC=CC3C6(C)C)C4(C)C)cc2-c2c3ccccc3cc[n+]2C1(CC)CC. The molecule has 51 heavy (non-hydrogen) atoms. The molecule has 6 atom stereocenters. The van der Waals surface area contributed by atoms with Crippen LogP contribution in [0.1, 0.15) is 79.4 Å². The number of piperidine rings is 3. The Morgan fingerprint density at radius 2 is 1.31 bits per heavy atom. The summed E-state index contributed by atoms with van der Waals surface area (Å²) in [5.41, 5.74) is 12.8. The van der Waals surface area contributed by atoms with Gasteiger partial charge in [0.1, 0.15) is 0 Å². The second-order valence-corrected chi connectivity index (χ2v) is 18.4. The Bertz CT molecular complexity index is 2270. The van der Waals surface area contributed by atoms with Gasteiger partial charge in [-0.15, -0.1) is 0 Å². The summed E-state index contributed by atoms with van der Waals surface area (Å²) in [6.07, 6.45) is 24.5. The zero-order valence-corrected chi connectivity index (χ0v) is 31.8. The lowest BCUT2D eigenvalue weighted by atomic mass is 9.45. The van der Waals surface area contributed by atoms with Crippen LogP contribution in [-0.2, 0) is 5.54 Å². The van der Waals surface area contributed by atoms with Crippen LogP contribution < -0.4 is 4.57 Å². The van der Waals surface area contributed by atoms with Crippen molar-refractivity contribution in [3.05, 3.63) is 138 Å². The van der Waals surface area contributed by atoms with Gasteiger partial charge in [0.25, 0.3) is 0 Å². The summed E-state index contributed by atoms with van der Waals surface area (Å²) >= 11 is 0. The summed E-state index contributed by atoms with van der Waals surface area (Å²) in [4.78, 5) is 3.02. The average Bonchev–Trinajstić information content (AvgIpc) is 3.13. The molecule has 3 fully saturated rings. The quantitative estimate of drug-likeness (QED) is 0.252. The van der Waals surface area contributed by atoms with Crippen molar-refractivity contribution < 1.29 is 4.57 Å². The first-order chi connectivity index (χ1) is 24.4. The molecule has 0 radical (unpaired) electrons. The van der Waals surface area contributed by atoms with E-state index in [4.69, 9.17) is 6.58 Å². The molecule has 10 rings (SSSR count). The highest BCUT2D eigenvalue weighted by atomic mass is 15.3. The molecule has 2 heteroatoms. The van der Waals surface area contributed by atoms with Gasteiger partial charge in [0, 0.05) is 60.4 Å². The van der Waals surface area contributed by atoms with Gasteiger partial charge in [-0.1, -0.05) is 141 Å². The monoisotopic (exact) mass is 669 g/mol. The summed E-state index contributed by atoms with van der Waals surface area (Å²) in [5.74, 6) is 1.28. The Kier molecular flexibility index (Phi) is 6.28. The Morgan fingerprint density at radius 1 is 0.706 bits per heavy atom. The minimum atomic E-state index is -0.137. The molecule has 7 aliphatic rings. The van der Waals surface area contributed by atoms with E-state index in [1.54, 1.807) is 16.7 Å². The van der Waals surface area contributed by atoms with Crippen LogP contribution in [-0.4, -0.2) is 23.0 Å². The fraction of sp³-hybridized carbons (Fsp3) is 0.408. The van der Waals surface area contributed by atoms with Crippen molar-refractivity contribution in [3.8, 4) is 11.3 Å². The van der Waals surface area contributed by atoms with Crippen LogP contribution in [0, 0.1) is 34.0 Å². The Hall–Kier alpha value is -4.01. The number of benzene rings is 2. The van der Waals surface area contributed by atoms with Gasteiger partial charge in [0.2, 0.25) is 5.69 Å². The van der Waals surface area contributed by atoms with Crippen LogP contribution in [0.25, 0.3) is 33.2 Å². The summed E-state index contributed by atoms with van der Waals surface area (Å²) in [6.45, 7) is 24.7. The van der Waals surface area contributed by atoms with Gasteiger partial charge in [-0.05, 0) is 67.2 Å². The largest absolute Gasteiger partial charge is 0.281 e. The number of fused-ring (bicyclic) bond motifs is 5. The van der Waals surface area contributed by atoms with E-state index in [-0.39, 0.29) is 21.8 Å². The van der Waals surface area contributed by atoms with E-state index >= 15 is 0 Å². The molecule has 3 aromatic rings. The molecule has 0 N–H and O–H groups in total. The first kappa shape index (κ1) is 31.7. The lowest BCUT2D eigenvalue weighted by Crippen LogP contribution is -2.75. The summed E-state index contributed by atoms with van der Waals surface area (Å²) in [5, 5.41) is 2.61. The third-order valence-corrected chi connectivity index (χ3v) is 15.5. The van der Waals surface area contributed by atoms with E-state index in [1.165, 1.54) is 44.3 Å². The number of aromatic nitrogens is 1. The predicted molar refractivity (Wildman–Crippen MR) is 213 cm³/mol. The molecule has 3 aliphatic carbocycles. The van der Waals surface area contributed by atoms with Gasteiger partial charge < -0.3 is 0 Å². The van der Waals surface area contributed by atoms with E-state index < -0.39 is 0 Å².